The molecule has 0 aliphatic carbocycles. The van der Waals surface area contributed by atoms with Crippen molar-refractivity contribution in [1.82, 2.24) is 9.55 Å². The molecule has 15 heavy (non-hydrogen) atoms. The van der Waals surface area contributed by atoms with Gasteiger partial charge >= 0.3 is 0 Å². The summed E-state index contributed by atoms with van der Waals surface area (Å²) in [5.41, 5.74) is -0.0749. The van der Waals surface area contributed by atoms with E-state index in [0.29, 0.717) is 31.9 Å². The van der Waals surface area contributed by atoms with E-state index < -0.39 is 0 Å². The molecule has 82 valence electrons. The van der Waals surface area contributed by atoms with Crippen LogP contribution in [-0.4, -0.2) is 33.9 Å². The molecule has 1 N–H and O–H groups in total. The zero-order chi connectivity index (χ0) is 10.8. The Morgan fingerprint density at radius 2 is 2.47 bits per heavy atom. The van der Waals surface area contributed by atoms with Crippen LogP contribution in [0, 0.1) is 0 Å². The SMILES string of the molecule is CCn1ccnc(N2CC[C@@H](O)C2)c1=O. The van der Waals surface area contributed by atoms with Crippen molar-refractivity contribution in [3.05, 3.63) is 22.7 Å². The Morgan fingerprint density at radius 3 is 3.07 bits per heavy atom. The van der Waals surface area contributed by atoms with Crippen LogP contribution >= 0.6 is 0 Å². The fraction of sp³-hybridized carbons (Fsp3) is 0.600. The normalized spacial score (nSPS) is 20.9. The monoisotopic (exact) mass is 209 g/mol. The highest BCUT2D eigenvalue weighted by Crippen LogP contribution is 2.13. The molecule has 2 rings (SSSR count). The average Bonchev–Trinajstić information content (AvgIpc) is 2.65. The Labute approximate surface area is 88.0 Å². The number of anilines is 1. The molecule has 5 heteroatoms. The lowest BCUT2D eigenvalue weighted by Gasteiger charge is -2.16. The summed E-state index contributed by atoms with van der Waals surface area (Å²) in [7, 11) is 0. The van der Waals surface area contributed by atoms with Gasteiger partial charge in [-0.3, -0.25) is 4.79 Å². The predicted molar refractivity (Wildman–Crippen MR) is 57.0 cm³/mol. The molecule has 0 bridgehead atoms. The molecule has 5 nitrogen and oxygen atoms in total. The molecular weight excluding hydrogens is 194 g/mol. The van der Waals surface area contributed by atoms with Crippen molar-refractivity contribution in [2.45, 2.75) is 26.0 Å². The zero-order valence-electron chi connectivity index (χ0n) is 8.76. The van der Waals surface area contributed by atoms with Gasteiger partial charge in [0.2, 0.25) is 0 Å². The maximum Gasteiger partial charge on any atom is 0.293 e. The molecule has 0 aromatic carbocycles. The minimum Gasteiger partial charge on any atom is -0.391 e. The predicted octanol–water partition coefficient (Wildman–Crippen LogP) is -0.166. The lowest BCUT2D eigenvalue weighted by atomic mass is 10.3. The summed E-state index contributed by atoms with van der Waals surface area (Å²) in [6, 6.07) is 0. The van der Waals surface area contributed by atoms with Crippen molar-refractivity contribution in [3.8, 4) is 0 Å². The summed E-state index contributed by atoms with van der Waals surface area (Å²) in [5.74, 6) is 0.455. The zero-order valence-corrected chi connectivity index (χ0v) is 8.76. The van der Waals surface area contributed by atoms with E-state index in [2.05, 4.69) is 4.98 Å². The first-order valence-corrected chi connectivity index (χ1v) is 5.21. The number of β-amino-alcohol motifs (C(OH)–C–C–N with tert-alkyl or cyclic N) is 1. The Hall–Kier alpha value is -1.36. The van der Waals surface area contributed by atoms with Crippen molar-refractivity contribution < 1.29 is 5.11 Å². The van der Waals surface area contributed by atoms with Crippen molar-refractivity contribution in [2.24, 2.45) is 0 Å². The number of aromatic nitrogens is 2. The summed E-state index contributed by atoms with van der Waals surface area (Å²) < 4.78 is 1.62. The molecule has 0 amide bonds. The molecule has 0 radical (unpaired) electrons. The first-order valence-electron chi connectivity index (χ1n) is 5.21. The second-order valence-corrected chi connectivity index (χ2v) is 3.73. The van der Waals surface area contributed by atoms with Crippen LogP contribution < -0.4 is 10.5 Å². The molecule has 0 unspecified atom stereocenters. The number of aliphatic hydroxyl groups excluding tert-OH is 1. The van der Waals surface area contributed by atoms with E-state index in [1.54, 1.807) is 17.0 Å². The lowest BCUT2D eigenvalue weighted by molar-refractivity contribution is 0.198. The second-order valence-electron chi connectivity index (χ2n) is 3.73. The van der Waals surface area contributed by atoms with Crippen molar-refractivity contribution in [2.75, 3.05) is 18.0 Å². The number of nitrogens with zero attached hydrogens (tertiary/aromatic N) is 3. The number of hydrogen-bond donors (Lipinski definition) is 1. The number of rotatable bonds is 2. The third kappa shape index (κ3) is 1.87. The number of aryl methyl sites for hydroxylation is 1. The van der Waals surface area contributed by atoms with Gasteiger partial charge in [-0.25, -0.2) is 4.98 Å². The Kier molecular flexibility index (Phi) is 2.73. The van der Waals surface area contributed by atoms with E-state index in [4.69, 9.17) is 0 Å². The third-order valence-corrected chi connectivity index (χ3v) is 2.70. The maximum absolute atomic E-state index is 11.9. The molecule has 1 aromatic rings. The fourth-order valence-electron chi connectivity index (χ4n) is 1.84. The smallest absolute Gasteiger partial charge is 0.293 e. The highest BCUT2D eigenvalue weighted by Gasteiger charge is 2.23. The molecule has 1 aromatic heterocycles. The standard InChI is InChI=1S/C10H15N3O2/c1-2-12-6-4-11-9(10(12)15)13-5-3-8(14)7-13/h4,6,8,14H,2-3,5,7H2,1H3/t8-/m1/s1. The third-order valence-electron chi connectivity index (χ3n) is 2.70. The first-order chi connectivity index (χ1) is 7.22. The molecule has 1 fully saturated rings. The molecule has 2 heterocycles. The van der Waals surface area contributed by atoms with Gasteiger partial charge in [-0.05, 0) is 13.3 Å². The van der Waals surface area contributed by atoms with E-state index in [0.717, 1.165) is 0 Å². The average molecular weight is 209 g/mol. The molecule has 1 aliphatic heterocycles. The summed E-state index contributed by atoms with van der Waals surface area (Å²) in [6.45, 7) is 3.78. The van der Waals surface area contributed by atoms with Gasteiger partial charge in [0.25, 0.3) is 5.56 Å². The van der Waals surface area contributed by atoms with Gasteiger partial charge in [-0.1, -0.05) is 0 Å². The van der Waals surface area contributed by atoms with Crippen LogP contribution in [0.4, 0.5) is 5.82 Å². The van der Waals surface area contributed by atoms with E-state index in [1.165, 1.54) is 0 Å². The number of hydrogen-bond acceptors (Lipinski definition) is 4. The molecular formula is C10H15N3O2. The summed E-state index contributed by atoms with van der Waals surface area (Å²) in [5, 5.41) is 9.40. The quantitative estimate of drug-likeness (QED) is 0.735. The van der Waals surface area contributed by atoms with Crippen LogP contribution in [0.1, 0.15) is 13.3 Å². The molecule has 1 aliphatic rings. The van der Waals surface area contributed by atoms with Crippen LogP contribution in [0.2, 0.25) is 0 Å². The fourth-order valence-corrected chi connectivity index (χ4v) is 1.84. The van der Waals surface area contributed by atoms with Gasteiger partial charge in [-0.2, -0.15) is 0 Å². The van der Waals surface area contributed by atoms with Crippen molar-refractivity contribution in [1.29, 1.82) is 0 Å². The van der Waals surface area contributed by atoms with Crippen molar-refractivity contribution >= 4 is 5.82 Å². The molecule has 0 saturated carbocycles. The van der Waals surface area contributed by atoms with Gasteiger partial charge in [0.15, 0.2) is 5.82 Å². The van der Waals surface area contributed by atoms with E-state index in [9.17, 15) is 9.90 Å². The van der Waals surface area contributed by atoms with Gasteiger partial charge in [0.1, 0.15) is 0 Å². The van der Waals surface area contributed by atoms with Crippen LogP contribution in [0.3, 0.4) is 0 Å². The van der Waals surface area contributed by atoms with Crippen LogP contribution in [0.25, 0.3) is 0 Å². The van der Waals surface area contributed by atoms with E-state index >= 15 is 0 Å². The minimum absolute atomic E-state index is 0.0749. The summed E-state index contributed by atoms with van der Waals surface area (Å²) >= 11 is 0. The number of aliphatic hydroxyl groups is 1. The van der Waals surface area contributed by atoms with Crippen LogP contribution in [0.15, 0.2) is 17.2 Å². The molecule has 1 atom stereocenters. The lowest BCUT2D eigenvalue weighted by Crippen LogP contribution is -2.32. The van der Waals surface area contributed by atoms with Gasteiger partial charge < -0.3 is 14.6 Å². The Morgan fingerprint density at radius 1 is 1.67 bits per heavy atom. The second kappa shape index (κ2) is 4.02. The Bertz CT molecular complexity index is 402. The van der Waals surface area contributed by atoms with Crippen LogP contribution in [0.5, 0.6) is 0 Å². The molecule has 0 spiro atoms. The van der Waals surface area contributed by atoms with E-state index in [1.807, 2.05) is 11.8 Å². The largest absolute Gasteiger partial charge is 0.391 e. The first kappa shape index (κ1) is 10.2. The van der Waals surface area contributed by atoms with Crippen molar-refractivity contribution in [3.63, 3.8) is 0 Å². The maximum atomic E-state index is 11.9. The highest BCUT2D eigenvalue weighted by molar-refractivity contribution is 5.37. The van der Waals surface area contributed by atoms with Gasteiger partial charge in [-0.15, -0.1) is 0 Å². The Balaban J connectivity index is 2.32. The summed E-state index contributed by atoms with van der Waals surface area (Å²) in [4.78, 5) is 17.8. The molecule has 1 saturated heterocycles. The van der Waals surface area contributed by atoms with Gasteiger partial charge in [0.05, 0.1) is 6.10 Å². The van der Waals surface area contributed by atoms with Gasteiger partial charge in [0, 0.05) is 32.0 Å². The summed E-state index contributed by atoms with van der Waals surface area (Å²) in [6.07, 6.45) is 3.69. The van der Waals surface area contributed by atoms with E-state index in [-0.39, 0.29) is 11.7 Å². The van der Waals surface area contributed by atoms with Crippen LogP contribution in [-0.2, 0) is 6.54 Å². The topological polar surface area (TPSA) is 58.4 Å². The highest BCUT2D eigenvalue weighted by atomic mass is 16.3. The minimum atomic E-state index is -0.332.